The number of nitrogens with zero attached hydrogens (tertiary/aromatic N) is 1. The summed E-state index contributed by atoms with van der Waals surface area (Å²) in [6.45, 7) is 0.693. The smallest absolute Gasteiger partial charge is 0.307 e. The third-order valence-corrected chi connectivity index (χ3v) is 7.20. The number of nitrogens with one attached hydrogen (secondary N) is 1. The van der Waals surface area contributed by atoms with E-state index >= 15 is 0 Å². The van der Waals surface area contributed by atoms with Crippen molar-refractivity contribution in [2.24, 2.45) is 10.9 Å². The molecule has 1 heterocycles. The van der Waals surface area contributed by atoms with Crippen molar-refractivity contribution >= 4 is 51.3 Å². The number of carboxylic acid groups (broad SMARTS) is 1. The van der Waals surface area contributed by atoms with Crippen LogP contribution in [0.1, 0.15) is 36.8 Å². The van der Waals surface area contributed by atoms with Crippen LogP contribution in [-0.4, -0.2) is 28.8 Å². The lowest BCUT2D eigenvalue weighted by atomic mass is 10.0. The zero-order chi connectivity index (χ0) is 24.2. The van der Waals surface area contributed by atoms with Gasteiger partial charge in [-0.1, -0.05) is 49.2 Å². The third-order valence-electron chi connectivity index (χ3n) is 6.29. The van der Waals surface area contributed by atoms with Crippen molar-refractivity contribution in [3.8, 4) is 5.75 Å². The summed E-state index contributed by atoms with van der Waals surface area (Å²) in [5.74, 6) is 0.298. The molecule has 7 heteroatoms. The van der Waals surface area contributed by atoms with E-state index in [1.54, 1.807) is 24.3 Å². The highest BCUT2D eigenvalue weighted by Gasteiger charge is 2.25. The topological polar surface area (TPSA) is 88.0 Å². The summed E-state index contributed by atoms with van der Waals surface area (Å²) in [5.41, 5.74) is 2.22. The average molecular weight is 487 g/mol. The molecular formula is C28H26N2O4S. The number of hydrogen-bond acceptors (Lipinski definition) is 5. The number of amidine groups is 1. The SMILES string of the molecule is O=C(O)Cc1ccc(N=C2NC(=O)C(=Cc3cc4ccccc4cc3OCC3CCCC3)S2)cc1. The number of rotatable bonds is 7. The Morgan fingerprint density at radius 3 is 2.51 bits per heavy atom. The van der Waals surface area contributed by atoms with Crippen molar-refractivity contribution in [3.63, 3.8) is 0 Å². The molecule has 3 aromatic carbocycles. The van der Waals surface area contributed by atoms with Gasteiger partial charge in [-0.15, -0.1) is 0 Å². The summed E-state index contributed by atoms with van der Waals surface area (Å²) >= 11 is 1.28. The van der Waals surface area contributed by atoms with Gasteiger partial charge in [0.15, 0.2) is 5.17 Å². The van der Waals surface area contributed by atoms with Crippen molar-refractivity contribution in [1.29, 1.82) is 0 Å². The molecule has 3 aromatic rings. The quantitative estimate of drug-likeness (QED) is 0.404. The highest BCUT2D eigenvalue weighted by molar-refractivity contribution is 8.18. The third kappa shape index (κ3) is 5.74. The van der Waals surface area contributed by atoms with Crippen LogP contribution in [-0.2, 0) is 16.0 Å². The number of aliphatic carboxylic acids is 1. The monoisotopic (exact) mass is 486 g/mol. The molecule has 2 fully saturated rings. The van der Waals surface area contributed by atoms with E-state index in [2.05, 4.69) is 34.6 Å². The molecule has 1 amide bonds. The van der Waals surface area contributed by atoms with Gasteiger partial charge in [0, 0.05) is 5.56 Å². The Bertz CT molecular complexity index is 1320. The Balaban J connectivity index is 1.38. The standard InChI is InChI=1S/C28H26N2O4S/c31-26(32)13-18-9-11-23(12-10-18)29-28-30-27(33)25(35-28)16-22-14-20-7-3-4-8-21(20)15-24(22)34-17-19-5-1-2-6-19/h3-4,7-12,14-16,19H,1-2,5-6,13,17H2,(H,31,32)(H,29,30,33). The number of benzene rings is 3. The zero-order valence-electron chi connectivity index (χ0n) is 19.2. The molecular weight excluding hydrogens is 460 g/mol. The molecule has 1 aliphatic carbocycles. The van der Waals surface area contributed by atoms with E-state index in [9.17, 15) is 9.59 Å². The predicted octanol–water partition coefficient (Wildman–Crippen LogP) is 5.93. The van der Waals surface area contributed by atoms with Crippen LogP contribution < -0.4 is 10.1 Å². The van der Waals surface area contributed by atoms with E-state index in [0.29, 0.717) is 33.8 Å². The molecule has 6 nitrogen and oxygen atoms in total. The van der Waals surface area contributed by atoms with Crippen LogP contribution in [0.15, 0.2) is 70.6 Å². The maximum Gasteiger partial charge on any atom is 0.307 e. The number of carbonyl (C=O) groups is 2. The van der Waals surface area contributed by atoms with E-state index in [4.69, 9.17) is 9.84 Å². The van der Waals surface area contributed by atoms with Crippen molar-refractivity contribution in [1.82, 2.24) is 5.32 Å². The van der Waals surface area contributed by atoms with Crippen molar-refractivity contribution < 1.29 is 19.4 Å². The van der Waals surface area contributed by atoms with Crippen molar-refractivity contribution in [2.45, 2.75) is 32.1 Å². The lowest BCUT2D eigenvalue weighted by Gasteiger charge is -2.15. The number of fused-ring (bicyclic) bond motifs is 1. The molecule has 0 unspecified atom stereocenters. The van der Waals surface area contributed by atoms with Gasteiger partial charge in [0.1, 0.15) is 5.75 Å². The van der Waals surface area contributed by atoms with E-state index in [-0.39, 0.29) is 12.3 Å². The van der Waals surface area contributed by atoms with Crippen LogP contribution in [0.25, 0.3) is 16.8 Å². The second-order valence-electron chi connectivity index (χ2n) is 8.92. The number of thioether (sulfide) groups is 1. The number of aliphatic imine (C=N–C) groups is 1. The minimum Gasteiger partial charge on any atom is -0.493 e. The minimum atomic E-state index is -0.877. The van der Waals surface area contributed by atoms with Crippen LogP contribution in [0.4, 0.5) is 5.69 Å². The number of carbonyl (C=O) groups excluding carboxylic acids is 1. The second kappa shape index (κ2) is 10.4. The molecule has 0 radical (unpaired) electrons. The predicted molar refractivity (Wildman–Crippen MR) is 140 cm³/mol. The fourth-order valence-electron chi connectivity index (χ4n) is 4.46. The number of amides is 1. The van der Waals surface area contributed by atoms with E-state index in [1.807, 2.05) is 18.2 Å². The van der Waals surface area contributed by atoms with Gasteiger partial charge >= 0.3 is 5.97 Å². The molecule has 2 aliphatic rings. The minimum absolute atomic E-state index is 0.0356. The molecule has 1 saturated carbocycles. The van der Waals surface area contributed by atoms with Crippen molar-refractivity contribution in [3.05, 3.63) is 76.7 Å². The van der Waals surface area contributed by atoms with Crippen LogP contribution >= 0.6 is 11.8 Å². The molecule has 2 N–H and O–H groups in total. The normalized spacial score (nSPS) is 18.5. The van der Waals surface area contributed by atoms with Gasteiger partial charge in [0.2, 0.25) is 0 Å². The first-order valence-electron chi connectivity index (χ1n) is 11.8. The Labute approximate surface area is 208 Å². The summed E-state index contributed by atoms with van der Waals surface area (Å²) in [6.07, 6.45) is 6.79. The number of ether oxygens (including phenoxy) is 1. The van der Waals surface area contributed by atoms with E-state index in [1.165, 1.54) is 37.4 Å². The molecule has 178 valence electrons. The fraction of sp³-hybridized carbons (Fsp3) is 0.250. The molecule has 1 saturated heterocycles. The summed E-state index contributed by atoms with van der Waals surface area (Å²) in [6, 6.07) is 19.2. The summed E-state index contributed by atoms with van der Waals surface area (Å²) < 4.78 is 6.28. The highest BCUT2D eigenvalue weighted by Crippen LogP contribution is 2.34. The Morgan fingerprint density at radius 2 is 1.80 bits per heavy atom. The molecule has 0 atom stereocenters. The largest absolute Gasteiger partial charge is 0.493 e. The van der Waals surface area contributed by atoms with Crippen LogP contribution in [0.3, 0.4) is 0 Å². The first-order chi connectivity index (χ1) is 17.0. The Morgan fingerprint density at radius 1 is 1.09 bits per heavy atom. The lowest BCUT2D eigenvalue weighted by Crippen LogP contribution is -2.19. The molecule has 1 aliphatic heterocycles. The highest BCUT2D eigenvalue weighted by atomic mass is 32.2. The Hall–Kier alpha value is -3.58. The first-order valence-corrected chi connectivity index (χ1v) is 12.6. The van der Waals surface area contributed by atoms with Gasteiger partial charge in [0.05, 0.1) is 23.6 Å². The van der Waals surface area contributed by atoms with Gasteiger partial charge in [-0.3, -0.25) is 9.59 Å². The maximum atomic E-state index is 12.7. The van der Waals surface area contributed by atoms with Gasteiger partial charge in [-0.2, -0.15) is 0 Å². The molecule has 0 spiro atoms. The second-order valence-corrected chi connectivity index (χ2v) is 9.95. The summed E-state index contributed by atoms with van der Waals surface area (Å²) in [5, 5.41) is 14.4. The van der Waals surface area contributed by atoms with E-state index in [0.717, 1.165) is 22.1 Å². The Kier molecular flexibility index (Phi) is 6.86. The lowest BCUT2D eigenvalue weighted by molar-refractivity contribution is -0.136. The molecule has 0 aromatic heterocycles. The van der Waals surface area contributed by atoms with Gasteiger partial charge in [-0.05, 0) is 77.2 Å². The van der Waals surface area contributed by atoms with Crippen LogP contribution in [0.2, 0.25) is 0 Å². The molecule has 5 rings (SSSR count). The molecule has 35 heavy (non-hydrogen) atoms. The summed E-state index contributed by atoms with van der Waals surface area (Å²) in [7, 11) is 0. The average Bonchev–Trinajstić information content (AvgIpc) is 3.48. The van der Waals surface area contributed by atoms with Crippen LogP contribution in [0.5, 0.6) is 5.75 Å². The summed E-state index contributed by atoms with van der Waals surface area (Å²) in [4.78, 5) is 28.6. The number of carboxylic acids is 1. The maximum absolute atomic E-state index is 12.7. The van der Waals surface area contributed by atoms with Gasteiger partial charge < -0.3 is 15.2 Å². The van der Waals surface area contributed by atoms with Gasteiger partial charge in [-0.25, -0.2) is 4.99 Å². The first kappa shape index (κ1) is 23.2. The number of hydrogen-bond donors (Lipinski definition) is 2. The van der Waals surface area contributed by atoms with Crippen molar-refractivity contribution in [2.75, 3.05) is 6.61 Å². The van der Waals surface area contributed by atoms with Gasteiger partial charge in [0.25, 0.3) is 5.91 Å². The molecule has 0 bridgehead atoms. The fourth-order valence-corrected chi connectivity index (χ4v) is 5.29. The zero-order valence-corrected chi connectivity index (χ0v) is 20.0. The van der Waals surface area contributed by atoms with Crippen LogP contribution in [0, 0.1) is 5.92 Å². The van der Waals surface area contributed by atoms with E-state index < -0.39 is 5.97 Å².